The summed E-state index contributed by atoms with van der Waals surface area (Å²) < 4.78 is 29.0. The number of fused-ring (bicyclic) bond motifs is 1. The van der Waals surface area contributed by atoms with Crippen molar-refractivity contribution in [2.45, 2.75) is 19.5 Å². The molecule has 174 valence electrons. The van der Waals surface area contributed by atoms with Crippen LogP contribution in [0.5, 0.6) is 0 Å². The molecule has 4 rings (SSSR count). The molecule has 3 amide bonds. The van der Waals surface area contributed by atoms with E-state index in [-0.39, 0.29) is 35.1 Å². The summed E-state index contributed by atoms with van der Waals surface area (Å²) in [6, 6.07) is 9.34. The second kappa shape index (κ2) is 9.11. The molecule has 1 aliphatic heterocycles. The Labute approximate surface area is 198 Å². The summed E-state index contributed by atoms with van der Waals surface area (Å²) in [6.07, 6.45) is 0. The number of aryl methyl sites for hydroxylation is 1. The number of nitriles is 1. The van der Waals surface area contributed by atoms with Gasteiger partial charge in [0.2, 0.25) is 0 Å². The van der Waals surface area contributed by atoms with Crippen molar-refractivity contribution in [3.63, 3.8) is 0 Å². The van der Waals surface area contributed by atoms with Gasteiger partial charge in [0.25, 0.3) is 5.91 Å². The van der Waals surface area contributed by atoms with E-state index in [0.717, 1.165) is 6.07 Å². The number of urea groups is 1. The van der Waals surface area contributed by atoms with Crippen molar-refractivity contribution in [2.75, 3.05) is 18.5 Å². The van der Waals surface area contributed by atoms with Crippen LogP contribution in [0.15, 0.2) is 36.4 Å². The van der Waals surface area contributed by atoms with Gasteiger partial charge < -0.3 is 16.0 Å². The number of benzene rings is 2. The normalized spacial score (nSPS) is 14.9. The number of hydrogen-bond acceptors (Lipinski definition) is 4. The van der Waals surface area contributed by atoms with Gasteiger partial charge in [0.15, 0.2) is 0 Å². The molecule has 2 heterocycles. The Kier molecular flexibility index (Phi) is 6.22. The molecule has 0 bridgehead atoms. The van der Waals surface area contributed by atoms with Crippen LogP contribution in [0.2, 0.25) is 5.02 Å². The zero-order valence-electron chi connectivity index (χ0n) is 18.0. The van der Waals surface area contributed by atoms with Crippen LogP contribution in [-0.4, -0.2) is 39.8 Å². The maximum Gasteiger partial charge on any atom is 0.322 e. The summed E-state index contributed by atoms with van der Waals surface area (Å²) in [5, 5.41) is 16.0. The molecular formula is C23H19ClF2N6O2. The van der Waals surface area contributed by atoms with E-state index in [0.29, 0.717) is 22.4 Å². The summed E-state index contributed by atoms with van der Waals surface area (Å²) in [5.74, 6) is -1.46. The maximum atomic E-state index is 14.0. The molecule has 0 saturated carbocycles. The monoisotopic (exact) mass is 484 g/mol. The Morgan fingerprint density at radius 1 is 1.32 bits per heavy atom. The topological polar surface area (TPSA) is 117 Å². The molecule has 0 spiro atoms. The van der Waals surface area contributed by atoms with Crippen molar-refractivity contribution < 1.29 is 18.4 Å². The van der Waals surface area contributed by atoms with Crippen LogP contribution in [-0.2, 0) is 6.54 Å². The van der Waals surface area contributed by atoms with Crippen LogP contribution in [0.4, 0.5) is 19.3 Å². The molecule has 34 heavy (non-hydrogen) atoms. The third-order valence-corrected chi connectivity index (χ3v) is 5.92. The molecule has 3 aromatic rings. The zero-order chi connectivity index (χ0) is 24.6. The van der Waals surface area contributed by atoms with Crippen LogP contribution in [0.25, 0.3) is 11.3 Å². The maximum absolute atomic E-state index is 14.0. The number of rotatable bonds is 4. The van der Waals surface area contributed by atoms with E-state index < -0.39 is 30.5 Å². The molecule has 1 unspecified atom stereocenters. The number of nitrogens with zero attached hydrogens (tertiary/aromatic N) is 4. The van der Waals surface area contributed by atoms with Gasteiger partial charge in [-0.15, -0.1) is 0 Å². The van der Waals surface area contributed by atoms with Gasteiger partial charge in [-0.3, -0.25) is 9.48 Å². The Hall–Kier alpha value is -3.97. The molecule has 1 atom stereocenters. The Morgan fingerprint density at radius 2 is 2.09 bits per heavy atom. The number of alkyl halides is 1. The molecule has 1 aliphatic rings. The van der Waals surface area contributed by atoms with E-state index in [1.54, 1.807) is 25.1 Å². The molecular weight excluding hydrogens is 466 g/mol. The number of amides is 3. The predicted octanol–water partition coefficient (Wildman–Crippen LogP) is 4.18. The average Bonchev–Trinajstić information content (AvgIpc) is 3.20. The van der Waals surface area contributed by atoms with E-state index in [2.05, 4.69) is 16.5 Å². The Bertz CT molecular complexity index is 1350. The summed E-state index contributed by atoms with van der Waals surface area (Å²) >= 11 is 5.89. The second-order valence-electron chi connectivity index (χ2n) is 7.87. The molecule has 1 aromatic heterocycles. The number of aromatic nitrogens is 2. The molecule has 0 saturated heterocycles. The second-order valence-corrected chi connectivity index (χ2v) is 8.28. The van der Waals surface area contributed by atoms with Gasteiger partial charge >= 0.3 is 6.03 Å². The van der Waals surface area contributed by atoms with Crippen LogP contribution in [0.3, 0.4) is 0 Å². The summed E-state index contributed by atoms with van der Waals surface area (Å²) in [5.41, 5.74) is 8.01. The number of carbonyl (C=O) groups is 2. The van der Waals surface area contributed by atoms with Gasteiger partial charge in [0.05, 0.1) is 40.5 Å². The Morgan fingerprint density at radius 3 is 2.71 bits per heavy atom. The first-order valence-electron chi connectivity index (χ1n) is 10.2. The van der Waals surface area contributed by atoms with Crippen LogP contribution in [0.1, 0.15) is 33.2 Å². The predicted molar refractivity (Wildman–Crippen MR) is 121 cm³/mol. The number of anilines is 1. The average molecular weight is 485 g/mol. The largest absolute Gasteiger partial charge is 0.365 e. The number of halogens is 3. The highest BCUT2D eigenvalue weighted by atomic mass is 35.5. The van der Waals surface area contributed by atoms with Gasteiger partial charge in [-0.2, -0.15) is 10.4 Å². The third-order valence-electron chi connectivity index (χ3n) is 5.63. The van der Waals surface area contributed by atoms with Gasteiger partial charge in [-0.25, -0.2) is 13.6 Å². The lowest BCUT2D eigenvalue weighted by Crippen LogP contribution is -2.44. The fraction of sp³-hybridized carbons (Fsp3) is 0.217. The smallest absolute Gasteiger partial charge is 0.322 e. The minimum absolute atomic E-state index is 0.00586. The quantitative estimate of drug-likeness (QED) is 0.577. The first kappa shape index (κ1) is 23.2. The zero-order valence-corrected chi connectivity index (χ0v) is 18.7. The van der Waals surface area contributed by atoms with E-state index in [1.807, 2.05) is 0 Å². The highest BCUT2D eigenvalue weighted by molar-refractivity contribution is 6.31. The van der Waals surface area contributed by atoms with Gasteiger partial charge in [-0.05, 0) is 48.9 Å². The number of carbonyl (C=O) groups excluding carboxylic acids is 2. The number of primary amides is 1. The van der Waals surface area contributed by atoms with Crippen molar-refractivity contribution >= 4 is 29.2 Å². The van der Waals surface area contributed by atoms with E-state index in [9.17, 15) is 18.4 Å². The molecule has 3 N–H and O–H groups in total. The van der Waals surface area contributed by atoms with Gasteiger partial charge in [-0.1, -0.05) is 11.6 Å². The number of nitrogens with two attached hydrogens (primary N) is 1. The van der Waals surface area contributed by atoms with E-state index in [1.165, 1.54) is 21.7 Å². The SMILES string of the molecule is Cc1cc(NC(=O)N2Cc3c(C(N)=O)c(-c4ccc(F)c(Cl)c4)nn3C(CF)C2)ccc1C#N. The summed E-state index contributed by atoms with van der Waals surface area (Å²) in [4.78, 5) is 26.7. The molecule has 0 fully saturated rings. The minimum atomic E-state index is -0.861. The fourth-order valence-electron chi connectivity index (χ4n) is 3.94. The lowest BCUT2D eigenvalue weighted by atomic mass is 10.0. The number of nitrogens with one attached hydrogen (secondary N) is 1. The third kappa shape index (κ3) is 4.18. The Balaban J connectivity index is 1.69. The molecule has 11 heteroatoms. The summed E-state index contributed by atoms with van der Waals surface area (Å²) in [7, 11) is 0. The first-order valence-corrected chi connectivity index (χ1v) is 10.6. The standard InChI is InChI=1S/C23H19ClF2N6O2/c1-12-6-15(4-2-14(12)9-27)29-23(34)31-10-16(8-25)32-19(11-31)20(22(28)33)21(30-32)13-3-5-18(26)17(24)7-13/h2-7,16H,8,10-11H2,1H3,(H2,28,33)(H,29,34). The van der Waals surface area contributed by atoms with Gasteiger partial charge in [0, 0.05) is 17.8 Å². The molecule has 0 aliphatic carbocycles. The molecule has 8 nitrogen and oxygen atoms in total. The van der Waals surface area contributed by atoms with Crippen molar-refractivity contribution in [3.05, 3.63) is 69.6 Å². The van der Waals surface area contributed by atoms with Gasteiger partial charge in [0.1, 0.15) is 18.2 Å². The lowest BCUT2D eigenvalue weighted by molar-refractivity contribution is 0.0995. The van der Waals surface area contributed by atoms with Crippen molar-refractivity contribution in [3.8, 4) is 17.3 Å². The van der Waals surface area contributed by atoms with Crippen molar-refractivity contribution in [2.24, 2.45) is 5.73 Å². The van der Waals surface area contributed by atoms with E-state index in [4.69, 9.17) is 22.6 Å². The number of hydrogen-bond donors (Lipinski definition) is 2. The molecule has 2 aromatic carbocycles. The van der Waals surface area contributed by atoms with Crippen LogP contribution in [0, 0.1) is 24.1 Å². The summed E-state index contributed by atoms with van der Waals surface area (Å²) in [6.45, 7) is 0.831. The lowest BCUT2D eigenvalue weighted by Gasteiger charge is -2.33. The highest BCUT2D eigenvalue weighted by Crippen LogP contribution is 2.33. The van der Waals surface area contributed by atoms with Crippen LogP contribution >= 0.6 is 11.6 Å². The van der Waals surface area contributed by atoms with Crippen LogP contribution < -0.4 is 11.1 Å². The van der Waals surface area contributed by atoms with E-state index >= 15 is 0 Å². The van der Waals surface area contributed by atoms with Crippen molar-refractivity contribution in [1.29, 1.82) is 5.26 Å². The molecule has 0 radical (unpaired) electrons. The fourth-order valence-corrected chi connectivity index (χ4v) is 4.12. The first-order chi connectivity index (χ1) is 16.2. The minimum Gasteiger partial charge on any atom is -0.365 e. The highest BCUT2D eigenvalue weighted by Gasteiger charge is 2.35. The van der Waals surface area contributed by atoms with Crippen molar-refractivity contribution in [1.82, 2.24) is 14.7 Å².